The number of aliphatic carboxylic acids is 1. The first-order valence-corrected chi connectivity index (χ1v) is 12.7. The Kier molecular flexibility index (Phi) is 10.6. The van der Waals surface area contributed by atoms with E-state index >= 15 is 0 Å². The van der Waals surface area contributed by atoms with Gasteiger partial charge in [-0.3, -0.25) is 0 Å². The number of nitrogens with zero attached hydrogens (tertiary/aromatic N) is 2. The summed E-state index contributed by atoms with van der Waals surface area (Å²) in [7, 11) is 5.98. The molecule has 0 aliphatic heterocycles. The average Bonchev–Trinajstić information content (AvgIpc) is 3.00. The lowest BCUT2D eigenvalue weighted by Gasteiger charge is -2.37. The van der Waals surface area contributed by atoms with E-state index < -0.39 is 17.5 Å². The van der Waals surface area contributed by atoms with Gasteiger partial charge in [-0.25, -0.2) is 9.78 Å². The van der Waals surface area contributed by atoms with E-state index in [1.807, 2.05) is 24.3 Å². The summed E-state index contributed by atoms with van der Waals surface area (Å²) in [6.45, 7) is 0. The topological polar surface area (TPSA) is 152 Å². The van der Waals surface area contributed by atoms with Crippen molar-refractivity contribution in [3.8, 4) is 35.2 Å². The monoisotopic (exact) mass is 602 g/mol. The van der Waals surface area contributed by atoms with E-state index in [1.54, 1.807) is 31.4 Å². The fourth-order valence-electron chi connectivity index (χ4n) is 4.65. The third-order valence-electron chi connectivity index (χ3n) is 6.70. The molecule has 1 aliphatic carbocycles. The standard InChI is InChI=1S/C32H30N4O6.ClH/c1-39-26-11-7-5-9-20(26)13-15-23-24(16-14-21-10-6-8-12-27(21)40-2)28(41-3)32(42-4,18-25(23)30(37)38)17-22-19-35-31(34)36-29(22)33;/h5-12,18-19,23H,17H2,1-4H3,(H,37,38)(H4,33,34,35,36);1H. The Labute approximate surface area is 256 Å². The third kappa shape index (κ3) is 6.84. The average molecular weight is 603 g/mol. The molecule has 1 aromatic heterocycles. The van der Waals surface area contributed by atoms with Crippen molar-refractivity contribution in [2.75, 3.05) is 39.9 Å². The molecule has 3 aromatic rings. The van der Waals surface area contributed by atoms with Crippen molar-refractivity contribution < 1.29 is 28.8 Å². The van der Waals surface area contributed by atoms with E-state index in [4.69, 9.17) is 30.4 Å². The Bertz CT molecular complexity index is 1700. The molecule has 0 fully saturated rings. The SMILES string of the molecule is COC1=C(C#Cc2ccccc2OC)C(C#Cc2ccccc2OC)C(C(=O)O)=CC1(Cc1cnc(N)nc1N)OC.Cl. The van der Waals surface area contributed by atoms with E-state index in [2.05, 4.69) is 33.6 Å². The van der Waals surface area contributed by atoms with Gasteiger partial charge in [0, 0.05) is 25.3 Å². The normalized spacial score (nSPS) is 17.2. The summed E-state index contributed by atoms with van der Waals surface area (Å²) in [5.41, 5.74) is 12.3. The van der Waals surface area contributed by atoms with Gasteiger partial charge in [0.15, 0.2) is 0 Å². The van der Waals surface area contributed by atoms with Crippen LogP contribution in [0.5, 0.6) is 11.5 Å². The highest BCUT2D eigenvalue weighted by molar-refractivity contribution is 5.90. The number of methoxy groups -OCH3 is 4. The number of anilines is 2. The quantitative estimate of drug-likeness (QED) is 0.342. The van der Waals surface area contributed by atoms with Gasteiger partial charge in [0.1, 0.15) is 28.7 Å². The lowest BCUT2D eigenvalue weighted by atomic mass is 9.76. The molecule has 2 unspecified atom stereocenters. The minimum atomic E-state index is -1.44. The van der Waals surface area contributed by atoms with Gasteiger partial charge >= 0.3 is 5.97 Å². The molecule has 5 N–H and O–H groups in total. The van der Waals surface area contributed by atoms with E-state index in [9.17, 15) is 9.90 Å². The lowest BCUT2D eigenvalue weighted by Crippen LogP contribution is -2.41. The molecule has 222 valence electrons. The number of aromatic nitrogens is 2. The van der Waals surface area contributed by atoms with Gasteiger partial charge in [-0.15, -0.1) is 12.4 Å². The van der Waals surface area contributed by atoms with Crippen molar-refractivity contribution in [2.45, 2.75) is 12.0 Å². The Balaban J connectivity index is 0.00000506. The molecule has 2 atom stereocenters. The third-order valence-corrected chi connectivity index (χ3v) is 6.70. The number of hydrogen-bond acceptors (Lipinski definition) is 9. The van der Waals surface area contributed by atoms with Crippen molar-refractivity contribution in [1.82, 2.24) is 9.97 Å². The van der Waals surface area contributed by atoms with Gasteiger partial charge in [0.05, 0.1) is 49.5 Å². The minimum absolute atomic E-state index is 0. The molecule has 0 saturated carbocycles. The second-order valence-electron chi connectivity index (χ2n) is 9.11. The summed E-state index contributed by atoms with van der Waals surface area (Å²) in [5.74, 6) is 11.7. The number of halogens is 1. The van der Waals surface area contributed by atoms with Crippen LogP contribution in [0.4, 0.5) is 11.8 Å². The molecule has 10 nitrogen and oxygen atoms in total. The number of allylic oxidation sites excluding steroid dienone is 1. The van der Waals surface area contributed by atoms with Crippen LogP contribution in [0.3, 0.4) is 0 Å². The molecule has 0 saturated heterocycles. The van der Waals surface area contributed by atoms with E-state index in [-0.39, 0.29) is 41.9 Å². The molecular weight excluding hydrogens is 572 g/mol. The van der Waals surface area contributed by atoms with Crippen LogP contribution < -0.4 is 20.9 Å². The lowest BCUT2D eigenvalue weighted by molar-refractivity contribution is -0.133. The number of carboxylic acid groups (broad SMARTS) is 1. The van der Waals surface area contributed by atoms with Crippen molar-refractivity contribution in [1.29, 1.82) is 0 Å². The number of ether oxygens (including phenoxy) is 4. The Morgan fingerprint density at radius 1 is 0.930 bits per heavy atom. The van der Waals surface area contributed by atoms with Crippen molar-refractivity contribution >= 4 is 30.1 Å². The predicted octanol–water partition coefficient (Wildman–Crippen LogP) is 3.65. The summed E-state index contributed by atoms with van der Waals surface area (Å²) >= 11 is 0. The number of para-hydroxylation sites is 2. The van der Waals surface area contributed by atoms with Gasteiger partial charge in [0.2, 0.25) is 5.95 Å². The summed E-state index contributed by atoms with van der Waals surface area (Å²) in [6.07, 6.45) is 2.97. The largest absolute Gasteiger partial charge is 0.497 e. The maximum absolute atomic E-state index is 12.8. The molecular formula is C32H31ClN4O6. The van der Waals surface area contributed by atoms with Crippen LogP contribution in [0, 0.1) is 29.6 Å². The van der Waals surface area contributed by atoms with Gasteiger partial charge in [0.25, 0.3) is 0 Å². The van der Waals surface area contributed by atoms with Crippen LogP contribution in [0.2, 0.25) is 0 Å². The summed E-state index contributed by atoms with van der Waals surface area (Å²) < 4.78 is 22.8. The highest BCUT2D eigenvalue weighted by Crippen LogP contribution is 2.41. The van der Waals surface area contributed by atoms with Gasteiger partial charge in [-0.1, -0.05) is 47.9 Å². The molecule has 0 bridgehead atoms. The first-order chi connectivity index (χ1) is 20.3. The first-order valence-electron chi connectivity index (χ1n) is 12.7. The maximum Gasteiger partial charge on any atom is 0.333 e. The van der Waals surface area contributed by atoms with Gasteiger partial charge < -0.3 is 35.5 Å². The number of hydrogen-bond donors (Lipinski definition) is 3. The van der Waals surface area contributed by atoms with Crippen LogP contribution in [0.25, 0.3) is 0 Å². The van der Waals surface area contributed by atoms with Crippen LogP contribution in [0.15, 0.2) is 77.7 Å². The Morgan fingerprint density at radius 2 is 1.53 bits per heavy atom. The molecule has 1 heterocycles. The van der Waals surface area contributed by atoms with Gasteiger partial charge in [-0.2, -0.15) is 4.98 Å². The first kappa shape index (κ1) is 32.4. The number of nitrogens with two attached hydrogens (primary N) is 2. The molecule has 0 radical (unpaired) electrons. The minimum Gasteiger partial charge on any atom is -0.497 e. The van der Waals surface area contributed by atoms with Crippen molar-refractivity contribution in [3.63, 3.8) is 0 Å². The predicted molar refractivity (Wildman–Crippen MR) is 165 cm³/mol. The number of rotatable bonds is 7. The van der Waals surface area contributed by atoms with Crippen LogP contribution in [-0.2, 0) is 20.7 Å². The zero-order chi connectivity index (χ0) is 30.3. The second-order valence-corrected chi connectivity index (χ2v) is 9.11. The van der Waals surface area contributed by atoms with Crippen LogP contribution in [-0.4, -0.2) is 55.1 Å². The fourth-order valence-corrected chi connectivity index (χ4v) is 4.65. The summed E-state index contributed by atoms with van der Waals surface area (Å²) in [4.78, 5) is 20.9. The molecule has 0 spiro atoms. The van der Waals surface area contributed by atoms with Crippen molar-refractivity contribution in [2.24, 2.45) is 5.92 Å². The number of carbonyl (C=O) groups is 1. The number of benzene rings is 2. The van der Waals surface area contributed by atoms with Crippen LogP contribution in [0.1, 0.15) is 16.7 Å². The van der Waals surface area contributed by atoms with E-state index in [0.717, 1.165) is 0 Å². The maximum atomic E-state index is 12.8. The Morgan fingerprint density at radius 3 is 2.07 bits per heavy atom. The van der Waals surface area contributed by atoms with E-state index in [0.29, 0.717) is 33.8 Å². The second kappa shape index (κ2) is 14.1. The summed E-state index contributed by atoms with van der Waals surface area (Å²) in [5, 5.41) is 10.4. The highest BCUT2D eigenvalue weighted by Gasteiger charge is 2.45. The van der Waals surface area contributed by atoms with E-state index in [1.165, 1.54) is 33.6 Å². The van der Waals surface area contributed by atoms with Crippen molar-refractivity contribution in [3.05, 3.63) is 94.4 Å². The molecule has 1 aliphatic rings. The zero-order valence-corrected chi connectivity index (χ0v) is 24.8. The molecule has 11 heteroatoms. The van der Waals surface area contributed by atoms with Gasteiger partial charge in [-0.05, 0) is 30.3 Å². The molecule has 43 heavy (non-hydrogen) atoms. The fraction of sp³-hybridized carbons (Fsp3) is 0.219. The molecule has 2 aromatic carbocycles. The number of carboxylic acids is 1. The number of nitrogen functional groups attached to an aromatic ring is 2. The summed E-state index contributed by atoms with van der Waals surface area (Å²) in [6, 6.07) is 14.4. The molecule has 4 rings (SSSR count). The Hall–Kier alpha value is -5.16. The van der Waals surface area contributed by atoms with Crippen LogP contribution >= 0.6 is 12.4 Å². The smallest absolute Gasteiger partial charge is 0.333 e. The highest BCUT2D eigenvalue weighted by atomic mass is 35.5. The zero-order valence-electron chi connectivity index (χ0n) is 24.0. The molecule has 0 amide bonds.